The SMILES string of the molecule is Oc1ccc(-c2noc(CC3CCCNC3)n2)cc1O. The first-order valence-electron chi connectivity index (χ1n) is 6.78. The molecule has 0 aliphatic carbocycles. The lowest BCUT2D eigenvalue weighted by atomic mass is 9.96. The lowest BCUT2D eigenvalue weighted by Gasteiger charge is -2.20. The van der Waals surface area contributed by atoms with Gasteiger partial charge in [0.25, 0.3) is 0 Å². The molecule has 3 rings (SSSR count). The average molecular weight is 275 g/mol. The summed E-state index contributed by atoms with van der Waals surface area (Å²) in [6.07, 6.45) is 3.12. The van der Waals surface area contributed by atoms with Crippen LogP contribution in [0.1, 0.15) is 18.7 Å². The van der Waals surface area contributed by atoms with E-state index in [0.29, 0.717) is 23.2 Å². The summed E-state index contributed by atoms with van der Waals surface area (Å²) in [7, 11) is 0. The number of nitrogens with one attached hydrogen (secondary N) is 1. The van der Waals surface area contributed by atoms with Crippen molar-refractivity contribution in [1.82, 2.24) is 15.5 Å². The Hall–Kier alpha value is -2.08. The minimum atomic E-state index is -0.190. The fraction of sp³-hybridized carbons (Fsp3) is 0.429. The van der Waals surface area contributed by atoms with Crippen LogP contribution < -0.4 is 5.32 Å². The molecule has 1 atom stereocenters. The van der Waals surface area contributed by atoms with Crippen LogP contribution in [0.3, 0.4) is 0 Å². The molecular formula is C14H17N3O3. The maximum absolute atomic E-state index is 9.48. The lowest BCUT2D eigenvalue weighted by Crippen LogP contribution is -2.30. The van der Waals surface area contributed by atoms with E-state index in [4.69, 9.17) is 4.52 Å². The summed E-state index contributed by atoms with van der Waals surface area (Å²) in [6.45, 7) is 2.07. The van der Waals surface area contributed by atoms with E-state index in [1.165, 1.54) is 25.0 Å². The largest absolute Gasteiger partial charge is 0.504 e. The van der Waals surface area contributed by atoms with Crippen LogP contribution >= 0.6 is 0 Å². The molecule has 1 aromatic carbocycles. The van der Waals surface area contributed by atoms with Gasteiger partial charge >= 0.3 is 0 Å². The molecule has 0 radical (unpaired) electrons. The molecule has 106 valence electrons. The van der Waals surface area contributed by atoms with Crippen molar-refractivity contribution in [3.05, 3.63) is 24.1 Å². The zero-order valence-corrected chi connectivity index (χ0v) is 11.0. The number of piperidine rings is 1. The standard InChI is InChI=1S/C14H17N3O3/c18-11-4-3-10(7-12(11)19)14-16-13(20-17-14)6-9-2-1-5-15-8-9/h3-4,7,9,15,18-19H,1-2,5-6,8H2. The maximum Gasteiger partial charge on any atom is 0.227 e. The Bertz CT molecular complexity index is 591. The minimum Gasteiger partial charge on any atom is -0.504 e. The maximum atomic E-state index is 9.48. The quantitative estimate of drug-likeness (QED) is 0.738. The van der Waals surface area contributed by atoms with E-state index < -0.39 is 0 Å². The highest BCUT2D eigenvalue weighted by Crippen LogP contribution is 2.29. The molecule has 0 spiro atoms. The van der Waals surface area contributed by atoms with Gasteiger partial charge in [0.1, 0.15) is 0 Å². The van der Waals surface area contributed by atoms with Crippen molar-refractivity contribution in [2.75, 3.05) is 13.1 Å². The third-order valence-corrected chi connectivity index (χ3v) is 3.56. The molecular weight excluding hydrogens is 258 g/mol. The fourth-order valence-corrected chi connectivity index (χ4v) is 2.46. The predicted octanol–water partition coefficient (Wildman–Crippen LogP) is 1.69. The number of phenolic OH excluding ortho intramolecular Hbond substituents is 2. The molecule has 1 saturated heterocycles. The number of aromatic hydroxyl groups is 2. The first-order chi connectivity index (χ1) is 9.72. The van der Waals surface area contributed by atoms with Crippen LogP contribution in [-0.4, -0.2) is 33.4 Å². The van der Waals surface area contributed by atoms with Crippen LogP contribution in [0, 0.1) is 5.92 Å². The van der Waals surface area contributed by atoms with E-state index in [1.54, 1.807) is 6.07 Å². The zero-order valence-electron chi connectivity index (χ0n) is 11.0. The second kappa shape index (κ2) is 5.50. The summed E-state index contributed by atoms with van der Waals surface area (Å²) < 4.78 is 5.26. The Balaban J connectivity index is 1.73. The third kappa shape index (κ3) is 2.75. The first kappa shape index (κ1) is 12.9. The normalized spacial score (nSPS) is 19.1. The van der Waals surface area contributed by atoms with Crippen LogP contribution in [0.25, 0.3) is 11.4 Å². The van der Waals surface area contributed by atoms with Crippen molar-refractivity contribution >= 4 is 0 Å². The summed E-state index contributed by atoms with van der Waals surface area (Å²) in [6, 6.07) is 4.48. The van der Waals surface area contributed by atoms with E-state index >= 15 is 0 Å². The molecule has 1 aliphatic heterocycles. The van der Waals surface area contributed by atoms with Gasteiger partial charge < -0.3 is 20.1 Å². The highest BCUT2D eigenvalue weighted by molar-refractivity contribution is 5.59. The molecule has 1 aromatic heterocycles. The van der Waals surface area contributed by atoms with Gasteiger partial charge in [-0.05, 0) is 50.0 Å². The fourth-order valence-electron chi connectivity index (χ4n) is 2.46. The van der Waals surface area contributed by atoms with Crippen LogP contribution in [0.5, 0.6) is 11.5 Å². The highest BCUT2D eigenvalue weighted by atomic mass is 16.5. The molecule has 1 unspecified atom stereocenters. The van der Waals surface area contributed by atoms with Crippen molar-refractivity contribution in [3.63, 3.8) is 0 Å². The van der Waals surface area contributed by atoms with Crippen LogP contribution in [0.2, 0.25) is 0 Å². The van der Waals surface area contributed by atoms with Gasteiger partial charge in [0, 0.05) is 12.0 Å². The monoisotopic (exact) mass is 275 g/mol. The van der Waals surface area contributed by atoms with Crippen molar-refractivity contribution < 1.29 is 14.7 Å². The zero-order chi connectivity index (χ0) is 13.9. The number of benzene rings is 1. The van der Waals surface area contributed by atoms with Crippen LogP contribution in [0.4, 0.5) is 0 Å². The number of hydrogen-bond donors (Lipinski definition) is 3. The average Bonchev–Trinajstić information content (AvgIpc) is 2.91. The smallest absolute Gasteiger partial charge is 0.227 e. The van der Waals surface area contributed by atoms with Gasteiger partial charge in [-0.3, -0.25) is 0 Å². The van der Waals surface area contributed by atoms with Crippen molar-refractivity contribution in [3.8, 4) is 22.9 Å². The van der Waals surface area contributed by atoms with E-state index in [-0.39, 0.29) is 11.5 Å². The topological polar surface area (TPSA) is 91.4 Å². The summed E-state index contributed by atoms with van der Waals surface area (Å²) in [4.78, 5) is 4.35. The van der Waals surface area contributed by atoms with Gasteiger partial charge in [-0.2, -0.15) is 4.98 Å². The summed E-state index contributed by atoms with van der Waals surface area (Å²) in [5, 5.41) is 26.1. The lowest BCUT2D eigenvalue weighted by molar-refractivity contribution is 0.316. The van der Waals surface area contributed by atoms with Crippen LogP contribution in [-0.2, 0) is 6.42 Å². The Morgan fingerprint density at radius 3 is 2.95 bits per heavy atom. The molecule has 6 nitrogen and oxygen atoms in total. The van der Waals surface area contributed by atoms with Gasteiger partial charge in [-0.15, -0.1) is 0 Å². The number of nitrogens with zero attached hydrogens (tertiary/aromatic N) is 2. The second-order valence-electron chi connectivity index (χ2n) is 5.13. The predicted molar refractivity (Wildman–Crippen MR) is 72.4 cm³/mol. The molecule has 2 heterocycles. The Kier molecular flexibility index (Phi) is 3.56. The minimum absolute atomic E-state index is 0.161. The first-order valence-corrected chi connectivity index (χ1v) is 6.78. The molecule has 20 heavy (non-hydrogen) atoms. The van der Waals surface area contributed by atoms with E-state index in [2.05, 4.69) is 15.5 Å². The summed E-state index contributed by atoms with van der Waals surface area (Å²) in [5.41, 5.74) is 0.622. The van der Waals surface area contributed by atoms with Crippen LogP contribution in [0.15, 0.2) is 22.7 Å². The van der Waals surface area contributed by atoms with Gasteiger partial charge in [0.15, 0.2) is 11.5 Å². The second-order valence-corrected chi connectivity index (χ2v) is 5.13. The van der Waals surface area contributed by atoms with Gasteiger partial charge in [-0.1, -0.05) is 5.16 Å². The van der Waals surface area contributed by atoms with Crippen molar-refractivity contribution in [2.24, 2.45) is 5.92 Å². The van der Waals surface area contributed by atoms with E-state index in [1.807, 2.05) is 0 Å². The molecule has 0 amide bonds. The van der Waals surface area contributed by atoms with Gasteiger partial charge in [0.2, 0.25) is 11.7 Å². The van der Waals surface area contributed by atoms with Gasteiger partial charge in [-0.25, -0.2) is 0 Å². The van der Waals surface area contributed by atoms with E-state index in [0.717, 1.165) is 19.5 Å². The van der Waals surface area contributed by atoms with E-state index in [9.17, 15) is 10.2 Å². The molecule has 1 fully saturated rings. The molecule has 6 heteroatoms. The van der Waals surface area contributed by atoms with Crippen molar-refractivity contribution in [2.45, 2.75) is 19.3 Å². The van der Waals surface area contributed by atoms with Gasteiger partial charge in [0.05, 0.1) is 0 Å². The number of phenols is 2. The molecule has 3 N–H and O–H groups in total. The Labute approximate surface area is 116 Å². The number of hydrogen-bond acceptors (Lipinski definition) is 6. The molecule has 0 saturated carbocycles. The molecule has 2 aromatic rings. The number of rotatable bonds is 3. The van der Waals surface area contributed by atoms with Crippen molar-refractivity contribution in [1.29, 1.82) is 0 Å². The molecule has 1 aliphatic rings. The summed E-state index contributed by atoms with van der Waals surface area (Å²) >= 11 is 0. The number of aromatic nitrogens is 2. The Morgan fingerprint density at radius 2 is 2.20 bits per heavy atom. The highest BCUT2D eigenvalue weighted by Gasteiger charge is 2.18. The summed E-state index contributed by atoms with van der Waals surface area (Å²) in [5.74, 6) is 1.22. The third-order valence-electron chi connectivity index (χ3n) is 3.56. The Morgan fingerprint density at radius 1 is 1.30 bits per heavy atom. The molecule has 0 bridgehead atoms.